The van der Waals surface area contributed by atoms with Crippen LogP contribution in [0.3, 0.4) is 0 Å². The van der Waals surface area contributed by atoms with Crippen LogP contribution in [0.15, 0.2) is 24.3 Å². The van der Waals surface area contributed by atoms with Gasteiger partial charge in [-0.1, -0.05) is 0 Å². The van der Waals surface area contributed by atoms with E-state index in [0.29, 0.717) is 11.3 Å². The highest BCUT2D eigenvalue weighted by Crippen LogP contribution is 2.06. The number of anilines is 1. The molecule has 1 aromatic carbocycles. The maximum absolute atomic E-state index is 11.8. The van der Waals surface area contributed by atoms with Gasteiger partial charge in [0.25, 0.3) is 5.91 Å². The zero-order valence-corrected chi connectivity index (χ0v) is 10.1. The number of aliphatic carboxylic acids is 1. The number of carbonyl (C=O) groups is 3. The molecule has 19 heavy (non-hydrogen) atoms. The van der Waals surface area contributed by atoms with E-state index in [1.165, 1.54) is 24.3 Å². The van der Waals surface area contributed by atoms with Gasteiger partial charge in [0.15, 0.2) is 0 Å². The first-order valence-corrected chi connectivity index (χ1v) is 5.57. The number of carboxylic acid groups (broad SMARTS) is 1. The molecule has 0 bridgehead atoms. The van der Waals surface area contributed by atoms with E-state index >= 15 is 0 Å². The summed E-state index contributed by atoms with van der Waals surface area (Å²) in [6.45, 7) is 0. The molecule has 0 aromatic heterocycles. The highest BCUT2D eigenvalue weighted by Gasteiger charge is 2.21. The zero-order valence-electron chi connectivity index (χ0n) is 10.1. The fraction of sp³-hybridized carbons (Fsp3) is 0.250. The normalized spacial score (nSPS) is 11.6. The van der Waals surface area contributed by atoms with Crippen LogP contribution in [-0.4, -0.2) is 28.9 Å². The van der Waals surface area contributed by atoms with Gasteiger partial charge in [0.05, 0.1) is 0 Å². The lowest BCUT2D eigenvalue weighted by atomic mass is 10.1. The molecule has 7 heteroatoms. The fourth-order valence-electron chi connectivity index (χ4n) is 1.42. The van der Waals surface area contributed by atoms with Crippen LogP contribution in [-0.2, 0) is 9.59 Å². The molecule has 6 N–H and O–H groups in total. The van der Waals surface area contributed by atoms with Gasteiger partial charge in [-0.3, -0.25) is 9.59 Å². The number of primary amides is 1. The number of hydrogen-bond acceptors (Lipinski definition) is 4. The molecule has 0 saturated carbocycles. The van der Waals surface area contributed by atoms with E-state index < -0.39 is 23.8 Å². The van der Waals surface area contributed by atoms with Crippen LogP contribution in [0.4, 0.5) is 5.69 Å². The Bertz CT molecular complexity index is 484. The third-order valence-electron chi connectivity index (χ3n) is 2.46. The number of amides is 2. The number of benzene rings is 1. The summed E-state index contributed by atoms with van der Waals surface area (Å²) in [5, 5.41) is 11.3. The molecule has 0 aliphatic carbocycles. The minimum atomic E-state index is -1.22. The summed E-state index contributed by atoms with van der Waals surface area (Å²) >= 11 is 0. The summed E-state index contributed by atoms with van der Waals surface area (Å²) in [6.07, 6.45) is -0.162. The largest absolute Gasteiger partial charge is 0.480 e. The van der Waals surface area contributed by atoms with Crippen molar-refractivity contribution in [3.05, 3.63) is 29.8 Å². The number of nitrogens with two attached hydrogens (primary N) is 2. The quantitative estimate of drug-likeness (QED) is 0.524. The van der Waals surface area contributed by atoms with Crippen LogP contribution in [0.5, 0.6) is 0 Å². The van der Waals surface area contributed by atoms with Gasteiger partial charge < -0.3 is 21.9 Å². The van der Waals surface area contributed by atoms with Crippen LogP contribution in [0, 0.1) is 0 Å². The van der Waals surface area contributed by atoms with Crippen molar-refractivity contribution in [3.8, 4) is 0 Å². The second-order valence-corrected chi connectivity index (χ2v) is 3.99. The Kier molecular flexibility index (Phi) is 4.87. The van der Waals surface area contributed by atoms with Crippen molar-refractivity contribution in [1.29, 1.82) is 0 Å². The van der Waals surface area contributed by atoms with Gasteiger partial charge in [-0.05, 0) is 30.7 Å². The maximum atomic E-state index is 11.8. The Morgan fingerprint density at radius 2 is 1.79 bits per heavy atom. The SMILES string of the molecule is NC(=O)CC[C@@H](NC(=O)c1ccc(N)cc1)C(=O)O. The number of nitrogen functional groups attached to an aromatic ring is 1. The van der Waals surface area contributed by atoms with Crippen LogP contribution >= 0.6 is 0 Å². The molecule has 1 rings (SSSR count). The molecule has 0 unspecified atom stereocenters. The lowest BCUT2D eigenvalue weighted by Gasteiger charge is -2.13. The first-order chi connectivity index (χ1) is 8.90. The molecule has 1 atom stereocenters. The number of rotatable bonds is 6. The molecular formula is C12H15N3O4. The Labute approximate surface area is 109 Å². The molecular weight excluding hydrogens is 250 g/mol. The summed E-state index contributed by atoms with van der Waals surface area (Å²) in [6, 6.07) is 4.88. The van der Waals surface area contributed by atoms with Crippen molar-refractivity contribution in [2.45, 2.75) is 18.9 Å². The number of carbonyl (C=O) groups excluding carboxylic acids is 2. The van der Waals surface area contributed by atoms with Crippen LogP contribution < -0.4 is 16.8 Å². The number of carboxylic acids is 1. The highest BCUT2D eigenvalue weighted by molar-refractivity contribution is 5.96. The molecule has 0 aliphatic rings. The second-order valence-electron chi connectivity index (χ2n) is 3.99. The highest BCUT2D eigenvalue weighted by atomic mass is 16.4. The lowest BCUT2D eigenvalue weighted by molar-refractivity contribution is -0.139. The Hall–Kier alpha value is -2.57. The topological polar surface area (TPSA) is 136 Å². The van der Waals surface area contributed by atoms with Crippen LogP contribution in [0.2, 0.25) is 0 Å². The van der Waals surface area contributed by atoms with Crippen molar-refractivity contribution in [2.24, 2.45) is 5.73 Å². The van der Waals surface area contributed by atoms with E-state index in [1.54, 1.807) is 0 Å². The van der Waals surface area contributed by atoms with Gasteiger partial charge in [-0.15, -0.1) is 0 Å². The molecule has 0 radical (unpaired) electrons. The number of hydrogen-bond donors (Lipinski definition) is 4. The summed E-state index contributed by atoms with van der Waals surface area (Å²) in [5.74, 6) is -2.38. The van der Waals surface area contributed by atoms with Crippen molar-refractivity contribution >= 4 is 23.5 Å². The number of nitrogens with one attached hydrogen (secondary N) is 1. The predicted octanol–water partition coefficient (Wildman–Crippen LogP) is -0.283. The lowest BCUT2D eigenvalue weighted by Crippen LogP contribution is -2.41. The molecule has 2 amide bonds. The fourth-order valence-corrected chi connectivity index (χ4v) is 1.42. The molecule has 102 valence electrons. The first-order valence-electron chi connectivity index (χ1n) is 5.57. The van der Waals surface area contributed by atoms with E-state index in [-0.39, 0.29) is 12.8 Å². The van der Waals surface area contributed by atoms with E-state index in [1.807, 2.05) is 0 Å². The van der Waals surface area contributed by atoms with Gasteiger partial charge in [-0.2, -0.15) is 0 Å². The predicted molar refractivity (Wildman–Crippen MR) is 68.2 cm³/mol. The first kappa shape index (κ1) is 14.5. The third-order valence-corrected chi connectivity index (χ3v) is 2.46. The molecule has 1 aromatic rings. The summed E-state index contributed by atoms with van der Waals surface area (Å²) < 4.78 is 0. The Morgan fingerprint density at radius 1 is 1.21 bits per heavy atom. The average molecular weight is 265 g/mol. The molecule has 0 saturated heterocycles. The Balaban J connectivity index is 2.68. The molecule has 0 spiro atoms. The maximum Gasteiger partial charge on any atom is 0.326 e. The minimum Gasteiger partial charge on any atom is -0.480 e. The average Bonchev–Trinajstić information content (AvgIpc) is 2.34. The standard InChI is InChI=1S/C12H15N3O4/c13-8-3-1-7(2-4-8)11(17)15-9(12(18)19)5-6-10(14)16/h1-4,9H,5-6,13H2,(H2,14,16)(H,15,17)(H,18,19)/t9-/m1/s1. The molecule has 0 aliphatic heterocycles. The summed E-state index contributed by atoms with van der Waals surface area (Å²) in [7, 11) is 0. The van der Waals surface area contributed by atoms with E-state index in [4.69, 9.17) is 16.6 Å². The van der Waals surface area contributed by atoms with Crippen LogP contribution in [0.25, 0.3) is 0 Å². The Morgan fingerprint density at radius 3 is 2.26 bits per heavy atom. The second kappa shape index (κ2) is 6.39. The van der Waals surface area contributed by atoms with Gasteiger partial charge in [0.1, 0.15) is 6.04 Å². The van der Waals surface area contributed by atoms with Gasteiger partial charge in [-0.25, -0.2) is 4.79 Å². The molecule has 0 fully saturated rings. The monoisotopic (exact) mass is 265 g/mol. The smallest absolute Gasteiger partial charge is 0.326 e. The molecule has 0 heterocycles. The third kappa shape index (κ3) is 4.66. The van der Waals surface area contributed by atoms with Crippen molar-refractivity contribution in [2.75, 3.05) is 5.73 Å². The summed E-state index contributed by atoms with van der Waals surface area (Å²) in [5.41, 5.74) is 11.2. The van der Waals surface area contributed by atoms with E-state index in [9.17, 15) is 14.4 Å². The van der Waals surface area contributed by atoms with Gasteiger partial charge >= 0.3 is 5.97 Å². The zero-order chi connectivity index (χ0) is 14.4. The van der Waals surface area contributed by atoms with Gasteiger partial charge in [0.2, 0.25) is 5.91 Å². The van der Waals surface area contributed by atoms with Crippen molar-refractivity contribution in [1.82, 2.24) is 5.32 Å². The molecule has 7 nitrogen and oxygen atoms in total. The van der Waals surface area contributed by atoms with E-state index in [0.717, 1.165) is 0 Å². The van der Waals surface area contributed by atoms with Crippen molar-refractivity contribution in [3.63, 3.8) is 0 Å². The minimum absolute atomic E-state index is 0.0502. The van der Waals surface area contributed by atoms with Crippen LogP contribution in [0.1, 0.15) is 23.2 Å². The summed E-state index contributed by atoms with van der Waals surface area (Å²) in [4.78, 5) is 33.4. The van der Waals surface area contributed by atoms with E-state index in [2.05, 4.69) is 5.32 Å². The van der Waals surface area contributed by atoms with Crippen molar-refractivity contribution < 1.29 is 19.5 Å². The van der Waals surface area contributed by atoms with Gasteiger partial charge in [0, 0.05) is 17.7 Å².